The smallest absolute Gasteiger partial charge is 0.412 e. The van der Waals surface area contributed by atoms with E-state index < -0.39 is 39.5 Å². The molecule has 0 unspecified atom stereocenters. The summed E-state index contributed by atoms with van der Waals surface area (Å²) in [7, 11) is 0. The van der Waals surface area contributed by atoms with Crippen LogP contribution in [0.15, 0.2) is 133 Å². The second-order valence-electron chi connectivity index (χ2n) is 24.3. The van der Waals surface area contributed by atoms with E-state index in [2.05, 4.69) is 34.9 Å². The average molecular weight is 1120 g/mol. The van der Waals surface area contributed by atoms with Crippen LogP contribution in [0.5, 0.6) is 23.0 Å². The lowest BCUT2D eigenvalue weighted by Crippen LogP contribution is -2.43. The molecular weight excluding hydrogens is 1040 g/mol. The Bertz CT molecular complexity index is 3200. The van der Waals surface area contributed by atoms with Crippen molar-refractivity contribution in [2.24, 2.45) is 0 Å². The fraction of sp³-hybridized carbons (Fsp3) is 0.375. The number of nitrogen functional groups attached to an aromatic ring is 1. The molecule has 0 saturated carbocycles. The third kappa shape index (κ3) is 18.1. The summed E-state index contributed by atoms with van der Waals surface area (Å²) in [5.74, 6) is 1.83. The highest BCUT2D eigenvalue weighted by Gasteiger charge is 2.35. The summed E-state index contributed by atoms with van der Waals surface area (Å²) in [5.41, 5.74) is 10.9. The number of nitrogens with two attached hydrogens (primary N) is 1. The Morgan fingerprint density at radius 3 is 1.16 bits per heavy atom. The molecule has 0 radical (unpaired) electrons. The van der Waals surface area contributed by atoms with Crippen molar-refractivity contribution in [2.75, 3.05) is 16.4 Å². The van der Waals surface area contributed by atoms with Gasteiger partial charge in [0.2, 0.25) is 0 Å². The molecule has 0 fully saturated rings. The fourth-order valence-electron chi connectivity index (χ4n) is 9.21. The van der Waals surface area contributed by atoms with Crippen molar-refractivity contribution in [1.82, 2.24) is 9.80 Å². The summed E-state index contributed by atoms with van der Waals surface area (Å²) in [6, 6.07) is 40.5. The van der Waals surface area contributed by atoms with Crippen LogP contribution in [-0.2, 0) is 57.7 Å². The van der Waals surface area contributed by atoms with Crippen molar-refractivity contribution in [3.05, 3.63) is 177 Å². The number of nitro benzene ring substituents is 1. The predicted octanol–water partition coefficient (Wildman–Crippen LogP) is 15.0. The molecule has 8 rings (SSSR count). The zero-order chi connectivity index (χ0) is 59.7. The molecule has 434 valence electrons. The topological polar surface area (TPSA) is 223 Å². The van der Waals surface area contributed by atoms with Crippen LogP contribution in [0.2, 0.25) is 0 Å². The van der Waals surface area contributed by atoms with E-state index in [1.54, 1.807) is 76.8 Å². The molecule has 6 aromatic rings. The molecule has 2 aliphatic rings. The zero-order valence-corrected chi connectivity index (χ0v) is 48.9. The van der Waals surface area contributed by atoms with Crippen molar-refractivity contribution in [2.45, 2.75) is 156 Å². The van der Waals surface area contributed by atoms with E-state index >= 15 is 0 Å². The maximum Gasteiger partial charge on any atom is 0.412 e. The average Bonchev–Trinajstić information content (AvgIpc) is 4.01. The van der Waals surface area contributed by atoms with Crippen LogP contribution < -0.4 is 25.8 Å². The second kappa shape index (κ2) is 25.3. The number of carbonyl (C=O) groups excluding carboxylic acids is 4. The number of ether oxygens (including phenoxy) is 6. The first-order valence-corrected chi connectivity index (χ1v) is 27.3. The minimum Gasteiger partial charge on any atom is -0.457 e. The largest absolute Gasteiger partial charge is 0.457 e. The molecule has 6 aromatic carbocycles. The summed E-state index contributed by atoms with van der Waals surface area (Å²) >= 11 is 0. The molecule has 4 N–H and O–H groups in total. The van der Waals surface area contributed by atoms with Crippen LogP contribution in [0, 0.1) is 10.1 Å². The van der Waals surface area contributed by atoms with Gasteiger partial charge in [0.15, 0.2) is 0 Å². The summed E-state index contributed by atoms with van der Waals surface area (Å²) in [6.45, 7) is 22.4. The van der Waals surface area contributed by atoms with E-state index in [1.807, 2.05) is 107 Å². The maximum atomic E-state index is 13.2. The first-order valence-electron chi connectivity index (χ1n) is 27.3. The number of amides is 4. The minimum atomic E-state index is -0.795. The monoisotopic (exact) mass is 1120 g/mol. The van der Waals surface area contributed by atoms with Gasteiger partial charge in [0.25, 0.3) is 5.69 Å². The van der Waals surface area contributed by atoms with Gasteiger partial charge in [0.1, 0.15) is 51.1 Å². The number of fused-ring (bicyclic) bond motifs is 2. The number of carbonyl (C=O) groups is 4. The standard InChI is InChI=1S/C32H37N3O7.C32H39N3O5/c1-31(2,3)41-29(36)33-27-16-15-26(19-28(27)35(38)39)40-25-13-11-21(12-14-25)20-34(30(37)42-32(4,5)6)24-17-22-9-7-8-10-23(22)18-24;1-31(2,3)39-29(36)34-28-16-15-26(19-27(28)33)38-25-13-11-21(12-14-25)20-35(30(37)40-32(4,5)6)24-17-22-9-7-8-10-23(22)18-24/h7-16,19,24H,17-18,20H2,1-6H3,(H,33,36);7-16,19,24H,17-18,20,33H2,1-6H3,(H,34,36). The highest BCUT2D eigenvalue weighted by molar-refractivity contribution is 5.90. The maximum absolute atomic E-state index is 13.2. The van der Waals surface area contributed by atoms with Gasteiger partial charge in [-0.15, -0.1) is 0 Å². The number of nitrogens with zero attached hydrogens (tertiary/aromatic N) is 3. The first kappa shape index (κ1) is 60.8. The van der Waals surface area contributed by atoms with Gasteiger partial charge in [-0.25, -0.2) is 19.2 Å². The lowest BCUT2D eigenvalue weighted by atomic mass is 10.1. The van der Waals surface area contributed by atoms with Crippen LogP contribution in [0.1, 0.15) is 116 Å². The van der Waals surface area contributed by atoms with Crippen LogP contribution in [0.3, 0.4) is 0 Å². The molecule has 82 heavy (non-hydrogen) atoms. The third-order valence-corrected chi connectivity index (χ3v) is 12.7. The number of hydrogen-bond acceptors (Lipinski definition) is 13. The van der Waals surface area contributed by atoms with Gasteiger partial charge >= 0.3 is 24.4 Å². The van der Waals surface area contributed by atoms with Gasteiger partial charge in [0.05, 0.1) is 22.4 Å². The zero-order valence-electron chi connectivity index (χ0n) is 48.9. The molecule has 0 atom stereocenters. The molecule has 0 bridgehead atoms. The SMILES string of the molecule is CC(C)(C)OC(=O)Nc1ccc(Oc2ccc(CN(C(=O)OC(C)(C)C)C3Cc4ccccc4C3)cc2)cc1N.CC(C)(C)OC(=O)Nc1ccc(Oc2ccc(CN(C(=O)OC(C)(C)C)C3Cc4ccccc4C3)cc2)cc1[N+](=O)[O-]. The van der Waals surface area contributed by atoms with E-state index in [0.29, 0.717) is 41.7 Å². The summed E-state index contributed by atoms with van der Waals surface area (Å²) in [6.07, 6.45) is 1.06. The molecule has 0 heterocycles. The molecule has 0 aliphatic heterocycles. The first-order chi connectivity index (χ1) is 38.4. The molecule has 0 spiro atoms. The fourth-order valence-corrected chi connectivity index (χ4v) is 9.21. The Balaban J connectivity index is 0.000000236. The summed E-state index contributed by atoms with van der Waals surface area (Å²) < 4.78 is 33.8. The summed E-state index contributed by atoms with van der Waals surface area (Å²) in [4.78, 5) is 65.4. The molecule has 2 aliphatic carbocycles. The Morgan fingerprint density at radius 2 is 0.817 bits per heavy atom. The molecule has 0 saturated heterocycles. The quantitative estimate of drug-likeness (QED) is 0.0424. The van der Waals surface area contributed by atoms with Crippen molar-refractivity contribution in [3.63, 3.8) is 0 Å². The normalized spacial score (nSPS) is 13.3. The van der Waals surface area contributed by atoms with Gasteiger partial charge in [-0.3, -0.25) is 20.7 Å². The van der Waals surface area contributed by atoms with Gasteiger partial charge in [-0.1, -0.05) is 72.8 Å². The second-order valence-corrected chi connectivity index (χ2v) is 24.3. The highest BCUT2D eigenvalue weighted by Crippen LogP contribution is 2.35. The van der Waals surface area contributed by atoms with Crippen LogP contribution in [-0.4, -0.2) is 73.6 Å². The van der Waals surface area contributed by atoms with Crippen molar-refractivity contribution in [1.29, 1.82) is 0 Å². The van der Waals surface area contributed by atoms with Crippen LogP contribution >= 0.6 is 0 Å². The van der Waals surface area contributed by atoms with E-state index in [9.17, 15) is 29.3 Å². The number of rotatable bonds is 13. The van der Waals surface area contributed by atoms with E-state index in [-0.39, 0.29) is 41.4 Å². The lowest BCUT2D eigenvalue weighted by Gasteiger charge is -2.31. The number of anilines is 3. The van der Waals surface area contributed by atoms with Crippen molar-refractivity contribution >= 4 is 47.1 Å². The molecule has 0 aromatic heterocycles. The minimum absolute atomic E-state index is 0.00625. The number of nitrogens with one attached hydrogen (secondary N) is 2. The van der Waals surface area contributed by atoms with Gasteiger partial charge in [-0.2, -0.15) is 0 Å². The Morgan fingerprint density at radius 1 is 0.488 bits per heavy atom. The summed E-state index contributed by atoms with van der Waals surface area (Å²) in [5, 5.41) is 16.7. The van der Waals surface area contributed by atoms with E-state index in [0.717, 1.165) is 36.8 Å². The van der Waals surface area contributed by atoms with Crippen LogP contribution in [0.25, 0.3) is 0 Å². The van der Waals surface area contributed by atoms with Crippen LogP contribution in [0.4, 0.5) is 41.9 Å². The van der Waals surface area contributed by atoms with Gasteiger partial charge in [0, 0.05) is 31.2 Å². The Labute approximate surface area is 480 Å². The molecule has 4 amide bonds. The molecule has 18 nitrogen and oxygen atoms in total. The van der Waals surface area contributed by atoms with Crippen molar-refractivity contribution in [3.8, 4) is 23.0 Å². The number of hydrogen-bond donors (Lipinski definition) is 3. The number of nitro groups is 1. The Kier molecular flexibility index (Phi) is 18.8. The third-order valence-electron chi connectivity index (χ3n) is 12.7. The molecule has 18 heteroatoms. The highest BCUT2D eigenvalue weighted by atomic mass is 16.6. The molecular formula is C64H76N6O12. The Hall–Kier alpha value is -8.80. The van der Waals surface area contributed by atoms with Crippen molar-refractivity contribution < 1.29 is 52.5 Å². The van der Waals surface area contributed by atoms with E-state index in [4.69, 9.17) is 34.2 Å². The van der Waals surface area contributed by atoms with Gasteiger partial charge < -0.3 is 44.0 Å². The van der Waals surface area contributed by atoms with E-state index in [1.165, 1.54) is 40.5 Å². The predicted molar refractivity (Wildman–Crippen MR) is 316 cm³/mol. The number of benzene rings is 6. The van der Waals surface area contributed by atoms with Gasteiger partial charge in [-0.05, 0) is 191 Å². The lowest BCUT2D eigenvalue weighted by molar-refractivity contribution is -0.384.